The Morgan fingerprint density at radius 2 is 2.20 bits per heavy atom. The number of aromatic nitrogens is 2. The van der Waals surface area contributed by atoms with Gasteiger partial charge in [0.15, 0.2) is 5.82 Å². The molecule has 0 aliphatic rings. The van der Waals surface area contributed by atoms with Gasteiger partial charge < -0.3 is 15.0 Å². The van der Waals surface area contributed by atoms with Crippen molar-refractivity contribution < 1.29 is 9.26 Å². The number of benzene rings is 1. The molecule has 0 saturated carbocycles. The first kappa shape index (κ1) is 15.3. The summed E-state index contributed by atoms with van der Waals surface area (Å²) >= 11 is 12.1. The number of rotatable bonds is 6. The van der Waals surface area contributed by atoms with Crippen molar-refractivity contribution in [3.8, 4) is 11.5 Å². The highest BCUT2D eigenvalue weighted by molar-refractivity contribution is 6.43. The molecule has 1 atom stereocenters. The topological polar surface area (TPSA) is 74.2 Å². The average molecular weight is 316 g/mol. The molecular formula is C13H15Cl2N3O2. The van der Waals surface area contributed by atoms with E-state index in [1.807, 2.05) is 6.92 Å². The molecule has 7 heteroatoms. The monoisotopic (exact) mass is 315 g/mol. The highest BCUT2D eigenvalue weighted by Gasteiger charge is 2.18. The summed E-state index contributed by atoms with van der Waals surface area (Å²) in [4.78, 5) is 4.24. The minimum Gasteiger partial charge on any atom is -0.379 e. The molecule has 0 saturated heterocycles. The maximum absolute atomic E-state index is 6.10. The highest BCUT2D eigenvalue weighted by atomic mass is 35.5. The van der Waals surface area contributed by atoms with Crippen LogP contribution in [0.5, 0.6) is 0 Å². The van der Waals surface area contributed by atoms with Gasteiger partial charge in [-0.05, 0) is 18.6 Å². The standard InChI is InChI=1S/C13H15Cl2N3O2/c1-2-6-19-7-10(16)12-17-13(20-18-12)8-4-3-5-9(14)11(8)15/h3-5,10H,2,6-7,16H2,1H3. The average Bonchev–Trinajstić information content (AvgIpc) is 2.91. The van der Waals surface area contributed by atoms with Gasteiger partial charge in [-0.25, -0.2) is 0 Å². The largest absolute Gasteiger partial charge is 0.379 e. The van der Waals surface area contributed by atoms with Gasteiger partial charge in [-0.3, -0.25) is 0 Å². The summed E-state index contributed by atoms with van der Waals surface area (Å²) in [5.41, 5.74) is 6.51. The second-order valence-electron chi connectivity index (χ2n) is 4.24. The Morgan fingerprint density at radius 1 is 1.40 bits per heavy atom. The van der Waals surface area contributed by atoms with E-state index in [2.05, 4.69) is 10.1 Å². The second kappa shape index (κ2) is 7.04. The minimum atomic E-state index is -0.433. The third kappa shape index (κ3) is 3.49. The molecule has 1 unspecified atom stereocenters. The van der Waals surface area contributed by atoms with Crippen molar-refractivity contribution in [3.63, 3.8) is 0 Å². The van der Waals surface area contributed by atoms with Crippen molar-refractivity contribution in [1.82, 2.24) is 10.1 Å². The molecule has 2 aromatic rings. The third-order valence-electron chi connectivity index (χ3n) is 2.60. The van der Waals surface area contributed by atoms with Crippen LogP contribution in [0.2, 0.25) is 10.0 Å². The highest BCUT2D eigenvalue weighted by Crippen LogP contribution is 2.32. The van der Waals surface area contributed by atoms with Crippen LogP contribution in [-0.2, 0) is 4.74 Å². The van der Waals surface area contributed by atoms with Crippen molar-refractivity contribution >= 4 is 23.2 Å². The zero-order chi connectivity index (χ0) is 14.5. The van der Waals surface area contributed by atoms with Crippen LogP contribution in [0.3, 0.4) is 0 Å². The molecule has 0 amide bonds. The molecule has 0 aliphatic heterocycles. The molecule has 0 bridgehead atoms. The van der Waals surface area contributed by atoms with Crippen LogP contribution in [0.4, 0.5) is 0 Å². The van der Waals surface area contributed by atoms with Crippen LogP contribution in [0.25, 0.3) is 11.5 Å². The van der Waals surface area contributed by atoms with E-state index >= 15 is 0 Å². The van der Waals surface area contributed by atoms with E-state index in [1.165, 1.54) is 0 Å². The minimum absolute atomic E-state index is 0.290. The summed E-state index contributed by atoms with van der Waals surface area (Å²) < 4.78 is 10.5. The summed E-state index contributed by atoms with van der Waals surface area (Å²) in [6, 6.07) is 4.77. The number of hydrogen-bond donors (Lipinski definition) is 1. The Labute approximate surface area is 127 Å². The Hall–Kier alpha value is -1.14. The zero-order valence-corrected chi connectivity index (χ0v) is 12.5. The Kier molecular flexibility index (Phi) is 5.37. The second-order valence-corrected chi connectivity index (χ2v) is 5.03. The van der Waals surface area contributed by atoms with E-state index in [0.29, 0.717) is 40.5 Å². The smallest absolute Gasteiger partial charge is 0.259 e. The predicted octanol–water partition coefficient (Wildman–Crippen LogP) is 3.47. The molecule has 108 valence electrons. The lowest BCUT2D eigenvalue weighted by molar-refractivity contribution is 0.119. The predicted molar refractivity (Wildman–Crippen MR) is 77.8 cm³/mol. The molecule has 2 rings (SSSR count). The van der Waals surface area contributed by atoms with Crippen molar-refractivity contribution in [2.75, 3.05) is 13.2 Å². The van der Waals surface area contributed by atoms with E-state index in [4.69, 9.17) is 38.2 Å². The fourth-order valence-corrected chi connectivity index (χ4v) is 1.97. The molecule has 1 heterocycles. The van der Waals surface area contributed by atoms with E-state index in [-0.39, 0.29) is 0 Å². The number of nitrogens with two attached hydrogens (primary N) is 1. The van der Waals surface area contributed by atoms with Crippen molar-refractivity contribution in [2.45, 2.75) is 19.4 Å². The van der Waals surface area contributed by atoms with Crippen LogP contribution < -0.4 is 5.73 Å². The van der Waals surface area contributed by atoms with Crippen molar-refractivity contribution in [2.24, 2.45) is 5.73 Å². The van der Waals surface area contributed by atoms with Crippen LogP contribution in [-0.4, -0.2) is 23.4 Å². The SMILES string of the molecule is CCCOCC(N)c1noc(-c2cccc(Cl)c2Cl)n1. The summed E-state index contributed by atoms with van der Waals surface area (Å²) in [6.45, 7) is 3.02. The molecule has 1 aromatic carbocycles. The molecule has 20 heavy (non-hydrogen) atoms. The molecule has 0 fully saturated rings. The number of ether oxygens (including phenoxy) is 1. The maximum atomic E-state index is 6.10. The van der Waals surface area contributed by atoms with Gasteiger partial charge in [0, 0.05) is 6.61 Å². The van der Waals surface area contributed by atoms with Gasteiger partial charge in [0.2, 0.25) is 0 Å². The number of hydrogen-bond acceptors (Lipinski definition) is 5. The van der Waals surface area contributed by atoms with Gasteiger partial charge in [-0.2, -0.15) is 4.98 Å². The fourth-order valence-electron chi connectivity index (χ4n) is 1.59. The van der Waals surface area contributed by atoms with Gasteiger partial charge in [0.05, 0.1) is 28.3 Å². The lowest BCUT2D eigenvalue weighted by Crippen LogP contribution is -2.18. The Bertz CT molecular complexity index is 574. The van der Waals surface area contributed by atoms with E-state index < -0.39 is 6.04 Å². The first-order valence-electron chi connectivity index (χ1n) is 6.24. The lowest BCUT2D eigenvalue weighted by Gasteiger charge is -2.06. The zero-order valence-electron chi connectivity index (χ0n) is 11.0. The van der Waals surface area contributed by atoms with Gasteiger partial charge in [-0.1, -0.05) is 41.3 Å². The van der Waals surface area contributed by atoms with Crippen LogP contribution in [0.15, 0.2) is 22.7 Å². The van der Waals surface area contributed by atoms with Gasteiger partial charge in [0.1, 0.15) is 0 Å². The first-order valence-corrected chi connectivity index (χ1v) is 7.00. The molecule has 1 aromatic heterocycles. The Morgan fingerprint density at radius 3 is 2.95 bits per heavy atom. The van der Waals surface area contributed by atoms with Crippen LogP contribution in [0.1, 0.15) is 25.2 Å². The van der Waals surface area contributed by atoms with Gasteiger partial charge in [-0.15, -0.1) is 0 Å². The fraction of sp³-hybridized carbons (Fsp3) is 0.385. The molecular weight excluding hydrogens is 301 g/mol. The third-order valence-corrected chi connectivity index (χ3v) is 3.42. The molecule has 5 nitrogen and oxygen atoms in total. The molecule has 0 aliphatic carbocycles. The maximum Gasteiger partial charge on any atom is 0.259 e. The number of halogens is 2. The summed E-state index contributed by atoms with van der Waals surface area (Å²) in [7, 11) is 0. The van der Waals surface area contributed by atoms with E-state index in [1.54, 1.807) is 18.2 Å². The molecule has 2 N–H and O–H groups in total. The van der Waals surface area contributed by atoms with Crippen molar-refractivity contribution in [1.29, 1.82) is 0 Å². The number of nitrogens with zero attached hydrogens (tertiary/aromatic N) is 2. The quantitative estimate of drug-likeness (QED) is 0.826. The normalized spacial score (nSPS) is 12.6. The summed E-state index contributed by atoms with van der Waals surface area (Å²) in [5.74, 6) is 0.672. The lowest BCUT2D eigenvalue weighted by atomic mass is 10.2. The van der Waals surface area contributed by atoms with Crippen LogP contribution >= 0.6 is 23.2 Å². The van der Waals surface area contributed by atoms with Gasteiger partial charge >= 0.3 is 0 Å². The summed E-state index contributed by atoms with van der Waals surface area (Å²) in [6.07, 6.45) is 0.933. The first-order chi connectivity index (χ1) is 9.63. The van der Waals surface area contributed by atoms with E-state index in [0.717, 1.165) is 6.42 Å². The molecule has 0 spiro atoms. The van der Waals surface area contributed by atoms with Crippen molar-refractivity contribution in [3.05, 3.63) is 34.1 Å². The van der Waals surface area contributed by atoms with Gasteiger partial charge in [0.25, 0.3) is 5.89 Å². The summed E-state index contributed by atoms with van der Waals surface area (Å²) in [5, 5.41) is 4.65. The van der Waals surface area contributed by atoms with E-state index in [9.17, 15) is 0 Å². The molecule has 0 radical (unpaired) electrons. The van der Waals surface area contributed by atoms with Crippen LogP contribution in [0, 0.1) is 0 Å². The Balaban J connectivity index is 2.14.